The highest BCUT2D eigenvalue weighted by Gasteiger charge is 2.34. The Kier molecular flexibility index (Phi) is 4.08. The number of benzene rings is 3. The summed E-state index contributed by atoms with van der Waals surface area (Å²) in [4.78, 5) is 12.4. The van der Waals surface area contributed by atoms with E-state index in [0.29, 0.717) is 17.5 Å². The molecule has 0 aliphatic heterocycles. The van der Waals surface area contributed by atoms with Gasteiger partial charge in [0.05, 0.1) is 0 Å². The van der Waals surface area contributed by atoms with Crippen molar-refractivity contribution in [1.29, 1.82) is 0 Å². The number of hydrogen-bond acceptors (Lipinski definition) is 2. The molecule has 3 aromatic carbocycles. The Morgan fingerprint density at radius 2 is 1.44 bits per heavy atom. The summed E-state index contributed by atoms with van der Waals surface area (Å²) < 4.78 is 0. The fourth-order valence-electron chi connectivity index (χ4n) is 3.06. The molecule has 1 fully saturated rings. The third-order valence-electron chi connectivity index (χ3n) is 4.69. The quantitative estimate of drug-likeness (QED) is 0.745. The maximum absolute atomic E-state index is 12.4. The zero-order valence-electron chi connectivity index (χ0n) is 13.9. The molecule has 1 amide bonds. The predicted molar refractivity (Wildman–Crippen MR) is 102 cm³/mol. The van der Waals surface area contributed by atoms with Crippen LogP contribution in [0.15, 0.2) is 78.9 Å². The van der Waals surface area contributed by atoms with Crippen molar-refractivity contribution in [1.82, 2.24) is 0 Å². The number of anilines is 1. The average molecular weight is 328 g/mol. The third-order valence-corrected chi connectivity index (χ3v) is 4.69. The maximum Gasteiger partial charge on any atom is 0.255 e. The maximum atomic E-state index is 12.4. The highest BCUT2D eigenvalue weighted by Crippen LogP contribution is 2.39. The first-order valence-corrected chi connectivity index (χ1v) is 8.53. The fraction of sp³-hybridized carbons (Fsp3) is 0.136. The molecule has 1 aliphatic rings. The normalized spacial score (nSPS) is 18.6. The molecule has 0 aromatic heterocycles. The number of nitrogens with one attached hydrogen (secondary N) is 1. The van der Waals surface area contributed by atoms with E-state index in [1.165, 1.54) is 5.56 Å². The van der Waals surface area contributed by atoms with Gasteiger partial charge in [-0.1, -0.05) is 54.6 Å². The van der Waals surface area contributed by atoms with Gasteiger partial charge in [0, 0.05) is 23.2 Å². The first kappa shape index (κ1) is 15.6. The molecule has 2 unspecified atom stereocenters. The molecule has 2 atom stereocenters. The lowest BCUT2D eigenvalue weighted by atomic mass is 10.0. The largest absolute Gasteiger partial charge is 0.327 e. The van der Waals surface area contributed by atoms with Crippen molar-refractivity contribution in [3.8, 4) is 11.1 Å². The van der Waals surface area contributed by atoms with Crippen molar-refractivity contribution in [2.45, 2.75) is 18.4 Å². The number of hydrogen-bond donors (Lipinski definition) is 2. The lowest BCUT2D eigenvalue weighted by Gasteiger charge is -2.08. The predicted octanol–water partition coefficient (Wildman–Crippen LogP) is 4.42. The molecular formula is C22H20N2O. The Morgan fingerprint density at radius 3 is 2.04 bits per heavy atom. The number of carbonyl (C=O) groups is 1. The summed E-state index contributed by atoms with van der Waals surface area (Å²) in [5.41, 5.74) is 10.8. The zero-order valence-corrected chi connectivity index (χ0v) is 13.9. The Morgan fingerprint density at radius 1 is 0.840 bits per heavy atom. The number of nitrogens with two attached hydrogens (primary N) is 1. The summed E-state index contributed by atoms with van der Waals surface area (Å²) >= 11 is 0. The molecule has 1 aliphatic carbocycles. The first-order valence-electron chi connectivity index (χ1n) is 8.53. The van der Waals surface area contributed by atoms with Crippen molar-refractivity contribution in [3.63, 3.8) is 0 Å². The van der Waals surface area contributed by atoms with Gasteiger partial charge in [-0.15, -0.1) is 0 Å². The molecule has 3 aromatic rings. The standard InChI is InChI=1S/C22H20N2O/c23-21-14-20(21)17-10-12-19(13-11-17)24-22(25)18-8-6-16(7-9-18)15-4-2-1-3-5-15/h1-13,20-21H,14,23H2,(H,24,25). The second kappa shape index (κ2) is 6.54. The van der Waals surface area contributed by atoms with Crippen LogP contribution in [0.4, 0.5) is 5.69 Å². The molecule has 1 saturated carbocycles. The van der Waals surface area contributed by atoms with E-state index in [2.05, 4.69) is 17.4 Å². The summed E-state index contributed by atoms with van der Waals surface area (Å²) in [6, 6.07) is 26.1. The molecule has 0 bridgehead atoms. The molecule has 0 spiro atoms. The van der Waals surface area contributed by atoms with Gasteiger partial charge in [0.2, 0.25) is 0 Å². The number of carbonyl (C=O) groups excluding carboxylic acids is 1. The van der Waals surface area contributed by atoms with E-state index < -0.39 is 0 Å². The number of amides is 1. The second-order valence-electron chi connectivity index (χ2n) is 6.53. The summed E-state index contributed by atoms with van der Waals surface area (Å²) in [6.45, 7) is 0. The minimum absolute atomic E-state index is 0.101. The van der Waals surface area contributed by atoms with Crippen LogP contribution in [-0.2, 0) is 0 Å². The van der Waals surface area contributed by atoms with E-state index in [4.69, 9.17) is 5.73 Å². The van der Waals surface area contributed by atoms with Crippen molar-refractivity contribution in [2.75, 3.05) is 5.32 Å². The molecule has 0 heterocycles. The molecule has 3 nitrogen and oxygen atoms in total. The minimum Gasteiger partial charge on any atom is -0.327 e. The van der Waals surface area contributed by atoms with Gasteiger partial charge in [-0.05, 0) is 47.4 Å². The van der Waals surface area contributed by atoms with Gasteiger partial charge in [-0.3, -0.25) is 4.79 Å². The Bertz CT molecular complexity index is 870. The van der Waals surface area contributed by atoms with Gasteiger partial charge < -0.3 is 11.1 Å². The Balaban J connectivity index is 1.44. The van der Waals surface area contributed by atoms with Crippen LogP contribution in [0.25, 0.3) is 11.1 Å². The van der Waals surface area contributed by atoms with E-state index in [0.717, 1.165) is 23.2 Å². The van der Waals surface area contributed by atoms with Crippen LogP contribution in [0.5, 0.6) is 0 Å². The van der Waals surface area contributed by atoms with Crippen LogP contribution in [-0.4, -0.2) is 11.9 Å². The van der Waals surface area contributed by atoms with Gasteiger partial charge in [-0.2, -0.15) is 0 Å². The molecule has 0 saturated heterocycles. The molecule has 124 valence electrons. The van der Waals surface area contributed by atoms with E-state index in [-0.39, 0.29) is 5.91 Å². The molecular weight excluding hydrogens is 308 g/mol. The molecule has 4 rings (SSSR count). The van der Waals surface area contributed by atoms with Crippen molar-refractivity contribution in [3.05, 3.63) is 90.0 Å². The van der Waals surface area contributed by atoms with Gasteiger partial charge in [0.15, 0.2) is 0 Å². The lowest BCUT2D eigenvalue weighted by Crippen LogP contribution is -2.11. The minimum atomic E-state index is -0.101. The van der Waals surface area contributed by atoms with Crippen molar-refractivity contribution < 1.29 is 4.79 Å². The van der Waals surface area contributed by atoms with Crippen LogP contribution in [0, 0.1) is 0 Å². The van der Waals surface area contributed by atoms with Crippen molar-refractivity contribution in [2.24, 2.45) is 5.73 Å². The van der Waals surface area contributed by atoms with Crippen LogP contribution >= 0.6 is 0 Å². The van der Waals surface area contributed by atoms with E-state index in [9.17, 15) is 4.79 Å². The monoisotopic (exact) mass is 328 g/mol. The summed E-state index contributed by atoms with van der Waals surface area (Å²) in [7, 11) is 0. The smallest absolute Gasteiger partial charge is 0.255 e. The second-order valence-corrected chi connectivity index (χ2v) is 6.53. The van der Waals surface area contributed by atoms with E-state index in [1.54, 1.807) is 0 Å². The van der Waals surface area contributed by atoms with Gasteiger partial charge in [0.25, 0.3) is 5.91 Å². The molecule has 3 heteroatoms. The highest BCUT2D eigenvalue weighted by atomic mass is 16.1. The molecule has 0 radical (unpaired) electrons. The Hall–Kier alpha value is -2.91. The van der Waals surface area contributed by atoms with E-state index in [1.807, 2.05) is 66.7 Å². The van der Waals surface area contributed by atoms with E-state index >= 15 is 0 Å². The fourth-order valence-corrected chi connectivity index (χ4v) is 3.06. The lowest BCUT2D eigenvalue weighted by molar-refractivity contribution is 0.102. The van der Waals surface area contributed by atoms with Crippen LogP contribution in [0.3, 0.4) is 0 Å². The average Bonchev–Trinajstić information content (AvgIpc) is 3.40. The van der Waals surface area contributed by atoms with Crippen LogP contribution < -0.4 is 11.1 Å². The van der Waals surface area contributed by atoms with Crippen LogP contribution in [0.2, 0.25) is 0 Å². The SMILES string of the molecule is NC1CC1c1ccc(NC(=O)c2ccc(-c3ccccc3)cc2)cc1. The highest BCUT2D eigenvalue weighted by molar-refractivity contribution is 6.04. The first-order chi connectivity index (χ1) is 12.2. The zero-order chi connectivity index (χ0) is 17.2. The summed E-state index contributed by atoms with van der Waals surface area (Å²) in [5.74, 6) is 0.380. The summed E-state index contributed by atoms with van der Waals surface area (Å²) in [5, 5.41) is 2.95. The topological polar surface area (TPSA) is 55.1 Å². The van der Waals surface area contributed by atoms with Crippen LogP contribution in [0.1, 0.15) is 28.3 Å². The van der Waals surface area contributed by atoms with Gasteiger partial charge in [0.1, 0.15) is 0 Å². The molecule has 3 N–H and O–H groups in total. The third kappa shape index (κ3) is 3.47. The molecule has 25 heavy (non-hydrogen) atoms. The van der Waals surface area contributed by atoms with Gasteiger partial charge >= 0.3 is 0 Å². The number of rotatable bonds is 4. The Labute approximate surface area is 147 Å². The van der Waals surface area contributed by atoms with Crippen molar-refractivity contribution >= 4 is 11.6 Å². The summed E-state index contributed by atoms with van der Waals surface area (Å²) in [6.07, 6.45) is 1.06. The van der Waals surface area contributed by atoms with Gasteiger partial charge in [-0.25, -0.2) is 0 Å².